The number of rotatable bonds is 2. The summed E-state index contributed by atoms with van der Waals surface area (Å²) in [6, 6.07) is 0.498. The van der Waals surface area contributed by atoms with Crippen LogP contribution in [0.2, 0.25) is 0 Å². The molecule has 1 unspecified atom stereocenters. The summed E-state index contributed by atoms with van der Waals surface area (Å²) in [6.07, 6.45) is 8.00. The predicted molar refractivity (Wildman–Crippen MR) is 74.6 cm³/mol. The maximum Gasteiger partial charge on any atom is 0.227 e. The molecule has 0 aromatic heterocycles. The smallest absolute Gasteiger partial charge is 0.227 e. The molecule has 5 rings (SSSR count). The van der Waals surface area contributed by atoms with E-state index in [1.165, 1.54) is 32.1 Å². The van der Waals surface area contributed by atoms with E-state index in [1.807, 2.05) is 0 Å². The van der Waals surface area contributed by atoms with Crippen molar-refractivity contribution in [3.63, 3.8) is 0 Å². The number of carbonyl (C=O) groups is 1. The predicted octanol–water partition coefficient (Wildman–Crippen LogP) is 1.93. The second-order valence-electron chi connectivity index (χ2n) is 7.92. The zero-order chi connectivity index (χ0) is 13.0. The van der Waals surface area contributed by atoms with Crippen molar-refractivity contribution < 1.29 is 4.79 Å². The van der Waals surface area contributed by atoms with Crippen LogP contribution in [0.4, 0.5) is 0 Å². The third kappa shape index (κ3) is 1.93. The molecule has 0 radical (unpaired) electrons. The number of nitrogens with one attached hydrogen (secondary N) is 2. The summed E-state index contributed by atoms with van der Waals surface area (Å²) >= 11 is 0. The van der Waals surface area contributed by atoms with Gasteiger partial charge >= 0.3 is 0 Å². The SMILES string of the molecule is CC1(C(=O)NC2C3CC4CC(C3)CC2C4)CCNC1. The van der Waals surface area contributed by atoms with E-state index in [0.717, 1.165) is 43.2 Å². The van der Waals surface area contributed by atoms with Crippen molar-refractivity contribution in [3.05, 3.63) is 0 Å². The van der Waals surface area contributed by atoms with E-state index in [0.29, 0.717) is 11.9 Å². The van der Waals surface area contributed by atoms with Gasteiger partial charge < -0.3 is 10.6 Å². The van der Waals surface area contributed by atoms with Crippen LogP contribution in [-0.4, -0.2) is 25.0 Å². The molecular formula is C16H26N2O. The molecule has 1 atom stereocenters. The highest BCUT2D eigenvalue weighted by Crippen LogP contribution is 2.53. The van der Waals surface area contributed by atoms with Gasteiger partial charge in [-0.25, -0.2) is 0 Å². The molecule has 1 amide bonds. The molecule has 1 saturated heterocycles. The van der Waals surface area contributed by atoms with Crippen molar-refractivity contribution in [1.29, 1.82) is 0 Å². The second kappa shape index (κ2) is 4.21. The molecule has 3 nitrogen and oxygen atoms in total. The average Bonchev–Trinajstić information content (AvgIpc) is 2.81. The Morgan fingerprint density at radius 2 is 1.74 bits per heavy atom. The topological polar surface area (TPSA) is 41.1 Å². The molecule has 106 valence electrons. The molecule has 4 saturated carbocycles. The lowest BCUT2D eigenvalue weighted by molar-refractivity contribution is -0.133. The minimum Gasteiger partial charge on any atom is -0.352 e. The highest BCUT2D eigenvalue weighted by Gasteiger charge is 2.49. The van der Waals surface area contributed by atoms with Gasteiger partial charge in [0.05, 0.1) is 5.41 Å². The first-order valence-corrected chi connectivity index (χ1v) is 8.16. The van der Waals surface area contributed by atoms with Gasteiger partial charge in [0, 0.05) is 12.6 Å². The van der Waals surface area contributed by atoms with Gasteiger partial charge in [-0.3, -0.25) is 4.79 Å². The van der Waals surface area contributed by atoms with Crippen molar-refractivity contribution in [1.82, 2.24) is 10.6 Å². The minimum atomic E-state index is -0.158. The first kappa shape index (κ1) is 12.2. The summed E-state index contributed by atoms with van der Waals surface area (Å²) in [5.41, 5.74) is -0.158. The van der Waals surface area contributed by atoms with Crippen LogP contribution in [0.1, 0.15) is 45.4 Å². The van der Waals surface area contributed by atoms with Gasteiger partial charge in [0.25, 0.3) is 0 Å². The third-order valence-electron chi connectivity index (χ3n) is 6.44. The molecule has 2 N–H and O–H groups in total. The Bertz CT molecular complexity index is 358. The number of hydrogen-bond donors (Lipinski definition) is 2. The maximum absolute atomic E-state index is 12.6. The lowest BCUT2D eigenvalue weighted by Crippen LogP contribution is -2.58. The number of amides is 1. The fourth-order valence-electron chi connectivity index (χ4n) is 5.50. The molecule has 0 aromatic carbocycles. The summed E-state index contributed by atoms with van der Waals surface area (Å²) in [4.78, 5) is 12.6. The number of hydrogen-bond acceptors (Lipinski definition) is 2. The standard InChI is InChI=1S/C16H26N2O/c1-16(2-3-17-9-16)15(19)18-14-12-5-10-4-11(7-12)8-13(14)6-10/h10-14,17H,2-9H2,1H3,(H,18,19). The second-order valence-corrected chi connectivity index (χ2v) is 7.92. The van der Waals surface area contributed by atoms with Crippen LogP contribution in [0.3, 0.4) is 0 Å². The monoisotopic (exact) mass is 262 g/mol. The quantitative estimate of drug-likeness (QED) is 0.798. The maximum atomic E-state index is 12.6. The van der Waals surface area contributed by atoms with E-state index in [1.54, 1.807) is 0 Å². The van der Waals surface area contributed by atoms with E-state index in [9.17, 15) is 4.79 Å². The molecule has 0 spiro atoms. The lowest BCUT2D eigenvalue weighted by Gasteiger charge is -2.54. The summed E-state index contributed by atoms with van der Waals surface area (Å²) in [6.45, 7) is 3.97. The van der Waals surface area contributed by atoms with Gasteiger partial charge in [0.2, 0.25) is 5.91 Å². The van der Waals surface area contributed by atoms with Crippen LogP contribution in [0.5, 0.6) is 0 Å². The Morgan fingerprint density at radius 3 is 2.26 bits per heavy atom. The van der Waals surface area contributed by atoms with Gasteiger partial charge in [-0.05, 0) is 75.7 Å². The molecule has 3 heteroatoms. The van der Waals surface area contributed by atoms with Crippen molar-refractivity contribution in [3.8, 4) is 0 Å². The van der Waals surface area contributed by atoms with Crippen LogP contribution in [0.15, 0.2) is 0 Å². The molecular weight excluding hydrogens is 236 g/mol. The Kier molecular flexibility index (Phi) is 2.70. The van der Waals surface area contributed by atoms with Crippen molar-refractivity contribution in [2.75, 3.05) is 13.1 Å². The van der Waals surface area contributed by atoms with Gasteiger partial charge in [-0.15, -0.1) is 0 Å². The first-order valence-electron chi connectivity index (χ1n) is 8.16. The molecule has 1 heterocycles. The van der Waals surface area contributed by atoms with E-state index < -0.39 is 0 Å². The minimum absolute atomic E-state index is 0.158. The van der Waals surface area contributed by atoms with Crippen LogP contribution in [0.25, 0.3) is 0 Å². The fourth-order valence-corrected chi connectivity index (χ4v) is 5.50. The Balaban J connectivity index is 1.47. The zero-order valence-electron chi connectivity index (χ0n) is 12.0. The van der Waals surface area contributed by atoms with Gasteiger partial charge in [-0.2, -0.15) is 0 Å². The molecule has 0 aromatic rings. The van der Waals surface area contributed by atoms with E-state index >= 15 is 0 Å². The third-order valence-corrected chi connectivity index (χ3v) is 6.44. The van der Waals surface area contributed by atoms with E-state index in [2.05, 4.69) is 17.6 Å². The molecule has 4 aliphatic carbocycles. The number of carbonyl (C=O) groups excluding carboxylic acids is 1. The van der Waals surface area contributed by atoms with Gasteiger partial charge in [-0.1, -0.05) is 0 Å². The Labute approximate surface area is 115 Å². The zero-order valence-corrected chi connectivity index (χ0v) is 12.0. The highest BCUT2D eigenvalue weighted by molar-refractivity contribution is 5.83. The molecule has 1 aliphatic heterocycles. The van der Waals surface area contributed by atoms with Crippen molar-refractivity contribution >= 4 is 5.91 Å². The Hall–Kier alpha value is -0.570. The fraction of sp³-hybridized carbons (Fsp3) is 0.938. The molecule has 19 heavy (non-hydrogen) atoms. The summed E-state index contributed by atoms with van der Waals surface area (Å²) in [7, 11) is 0. The van der Waals surface area contributed by atoms with Crippen LogP contribution < -0.4 is 10.6 Å². The van der Waals surface area contributed by atoms with Crippen molar-refractivity contribution in [2.24, 2.45) is 29.1 Å². The summed E-state index contributed by atoms with van der Waals surface area (Å²) < 4.78 is 0. The van der Waals surface area contributed by atoms with Crippen LogP contribution >= 0.6 is 0 Å². The van der Waals surface area contributed by atoms with Gasteiger partial charge in [0.1, 0.15) is 0 Å². The van der Waals surface area contributed by atoms with Gasteiger partial charge in [0.15, 0.2) is 0 Å². The lowest BCUT2D eigenvalue weighted by atomic mass is 9.54. The van der Waals surface area contributed by atoms with E-state index in [-0.39, 0.29) is 5.41 Å². The van der Waals surface area contributed by atoms with E-state index in [4.69, 9.17) is 0 Å². The largest absolute Gasteiger partial charge is 0.352 e. The molecule has 4 bridgehead atoms. The normalized spacial score (nSPS) is 51.5. The van der Waals surface area contributed by atoms with Crippen molar-refractivity contribution in [2.45, 2.75) is 51.5 Å². The average molecular weight is 262 g/mol. The molecule has 5 aliphatic rings. The first-order chi connectivity index (χ1) is 9.14. The highest BCUT2D eigenvalue weighted by atomic mass is 16.2. The van der Waals surface area contributed by atoms with Crippen LogP contribution in [0, 0.1) is 29.1 Å². The summed E-state index contributed by atoms with van der Waals surface area (Å²) in [5.74, 6) is 3.87. The van der Waals surface area contributed by atoms with Crippen LogP contribution in [-0.2, 0) is 4.79 Å². The Morgan fingerprint density at radius 1 is 1.11 bits per heavy atom. The molecule has 5 fully saturated rings. The summed E-state index contributed by atoms with van der Waals surface area (Å²) in [5, 5.41) is 6.80.